The summed E-state index contributed by atoms with van der Waals surface area (Å²) in [5, 5.41) is 0. The molecule has 2 atom stereocenters. The van der Waals surface area contributed by atoms with E-state index in [-0.39, 0.29) is 12.1 Å². The van der Waals surface area contributed by atoms with E-state index in [0.29, 0.717) is 5.92 Å². The summed E-state index contributed by atoms with van der Waals surface area (Å²) < 4.78 is 5.63. The highest BCUT2D eigenvalue weighted by Gasteiger charge is 2.23. The normalized spacial score (nSPS) is 21.8. The molecule has 0 bridgehead atoms. The first kappa shape index (κ1) is 12.8. The van der Waals surface area contributed by atoms with Gasteiger partial charge in [-0.05, 0) is 55.4 Å². The Bertz CT molecular complexity index is 344. The van der Waals surface area contributed by atoms with E-state index in [4.69, 9.17) is 10.5 Å². The highest BCUT2D eigenvalue weighted by molar-refractivity contribution is 7.99. The fraction of sp³-hybridized carbons (Fsp3) is 0.571. The second kappa shape index (κ2) is 5.78. The van der Waals surface area contributed by atoms with Crippen molar-refractivity contribution in [3.8, 4) is 5.75 Å². The lowest BCUT2D eigenvalue weighted by molar-refractivity contribution is 0.242. The molecule has 0 radical (unpaired) electrons. The molecule has 0 saturated carbocycles. The molecule has 1 fully saturated rings. The van der Waals surface area contributed by atoms with Crippen LogP contribution in [0.1, 0.15) is 31.9 Å². The predicted octanol–water partition coefficient (Wildman–Crippen LogP) is 3.23. The predicted molar refractivity (Wildman–Crippen MR) is 74.6 cm³/mol. The molecule has 94 valence electrons. The van der Waals surface area contributed by atoms with Gasteiger partial charge in [0, 0.05) is 6.04 Å². The summed E-state index contributed by atoms with van der Waals surface area (Å²) in [4.78, 5) is 0. The third-order valence-electron chi connectivity index (χ3n) is 3.11. The maximum absolute atomic E-state index is 6.30. The van der Waals surface area contributed by atoms with E-state index in [0.717, 1.165) is 5.75 Å². The molecular weight excluding hydrogens is 230 g/mol. The standard InChI is InChI=1S/C14H21NOS/c1-10(2)16-13-5-3-11(4-6-13)14(15)12-7-8-17-9-12/h3-6,10,12,14H,7-9,15H2,1-2H3. The van der Waals surface area contributed by atoms with E-state index in [2.05, 4.69) is 12.1 Å². The molecule has 1 aliphatic heterocycles. The summed E-state index contributed by atoms with van der Waals surface area (Å²) in [7, 11) is 0. The van der Waals surface area contributed by atoms with E-state index in [1.807, 2.05) is 37.7 Å². The zero-order valence-electron chi connectivity index (χ0n) is 10.6. The molecule has 2 N–H and O–H groups in total. The van der Waals surface area contributed by atoms with Crippen LogP contribution >= 0.6 is 11.8 Å². The summed E-state index contributed by atoms with van der Waals surface area (Å²) in [5.74, 6) is 4.02. The van der Waals surface area contributed by atoms with Crippen LogP contribution in [0, 0.1) is 5.92 Å². The number of nitrogens with two attached hydrogens (primary N) is 1. The minimum atomic E-state index is 0.179. The van der Waals surface area contributed by atoms with Gasteiger partial charge in [0.1, 0.15) is 5.75 Å². The third kappa shape index (κ3) is 3.39. The Labute approximate surface area is 108 Å². The van der Waals surface area contributed by atoms with E-state index in [1.54, 1.807) is 0 Å². The quantitative estimate of drug-likeness (QED) is 0.892. The van der Waals surface area contributed by atoms with Crippen molar-refractivity contribution >= 4 is 11.8 Å². The largest absolute Gasteiger partial charge is 0.491 e. The molecule has 1 heterocycles. The van der Waals surface area contributed by atoms with Gasteiger partial charge in [0.2, 0.25) is 0 Å². The Morgan fingerprint density at radius 2 is 2.00 bits per heavy atom. The van der Waals surface area contributed by atoms with Crippen LogP contribution in [0.5, 0.6) is 5.75 Å². The smallest absolute Gasteiger partial charge is 0.119 e. The van der Waals surface area contributed by atoms with Gasteiger partial charge in [-0.1, -0.05) is 12.1 Å². The summed E-state index contributed by atoms with van der Waals surface area (Å²) in [5.41, 5.74) is 7.53. The number of rotatable bonds is 4. The van der Waals surface area contributed by atoms with Crippen LogP contribution in [-0.4, -0.2) is 17.6 Å². The average molecular weight is 251 g/mol. The molecule has 2 nitrogen and oxygen atoms in total. The number of hydrogen-bond donors (Lipinski definition) is 1. The van der Waals surface area contributed by atoms with Crippen LogP contribution < -0.4 is 10.5 Å². The van der Waals surface area contributed by atoms with Gasteiger partial charge in [-0.15, -0.1) is 0 Å². The Hall–Kier alpha value is -0.670. The zero-order chi connectivity index (χ0) is 12.3. The molecule has 2 rings (SSSR count). The maximum atomic E-state index is 6.30. The van der Waals surface area contributed by atoms with Gasteiger partial charge in [-0.25, -0.2) is 0 Å². The van der Waals surface area contributed by atoms with E-state index >= 15 is 0 Å². The monoisotopic (exact) mass is 251 g/mol. The molecule has 0 spiro atoms. The fourth-order valence-corrected chi connectivity index (χ4v) is 3.46. The Morgan fingerprint density at radius 3 is 2.53 bits per heavy atom. The zero-order valence-corrected chi connectivity index (χ0v) is 11.4. The Balaban J connectivity index is 2.01. The summed E-state index contributed by atoms with van der Waals surface area (Å²) in [6.45, 7) is 4.07. The van der Waals surface area contributed by atoms with Crippen LogP contribution in [-0.2, 0) is 0 Å². The molecule has 0 amide bonds. The SMILES string of the molecule is CC(C)Oc1ccc(C(N)C2CCSC2)cc1. The molecule has 1 saturated heterocycles. The molecule has 1 aromatic carbocycles. The topological polar surface area (TPSA) is 35.2 Å². The van der Waals surface area contributed by atoms with E-state index < -0.39 is 0 Å². The highest BCUT2D eigenvalue weighted by Crippen LogP contribution is 2.33. The number of benzene rings is 1. The van der Waals surface area contributed by atoms with Crippen molar-refractivity contribution in [1.82, 2.24) is 0 Å². The molecule has 0 aliphatic carbocycles. The van der Waals surface area contributed by atoms with E-state index in [1.165, 1.54) is 23.5 Å². The van der Waals surface area contributed by atoms with Crippen LogP contribution in [0.15, 0.2) is 24.3 Å². The van der Waals surface area contributed by atoms with Crippen molar-refractivity contribution < 1.29 is 4.74 Å². The second-order valence-electron chi connectivity index (χ2n) is 4.89. The highest BCUT2D eigenvalue weighted by atomic mass is 32.2. The average Bonchev–Trinajstić information content (AvgIpc) is 2.82. The molecule has 17 heavy (non-hydrogen) atoms. The van der Waals surface area contributed by atoms with Crippen LogP contribution in [0.2, 0.25) is 0 Å². The van der Waals surface area contributed by atoms with Crippen molar-refractivity contribution in [2.45, 2.75) is 32.4 Å². The molecule has 1 aromatic rings. The van der Waals surface area contributed by atoms with Crippen molar-refractivity contribution in [2.75, 3.05) is 11.5 Å². The number of ether oxygens (including phenoxy) is 1. The van der Waals surface area contributed by atoms with Crippen molar-refractivity contribution in [2.24, 2.45) is 11.7 Å². The van der Waals surface area contributed by atoms with Crippen molar-refractivity contribution in [3.63, 3.8) is 0 Å². The number of hydrogen-bond acceptors (Lipinski definition) is 3. The van der Waals surface area contributed by atoms with Crippen molar-refractivity contribution in [3.05, 3.63) is 29.8 Å². The Kier molecular flexibility index (Phi) is 4.35. The van der Waals surface area contributed by atoms with Crippen LogP contribution in [0.25, 0.3) is 0 Å². The van der Waals surface area contributed by atoms with Gasteiger partial charge in [0.05, 0.1) is 6.10 Å². The summed E-state index contributed by atoms with van der Waals surface area (Å²) in [6, 6.07) is 8.43. The Morgan fingerprint density at radius 1 is 1.29 bits per heavy atom. The molecule has 3 heteroatoms. The maximum Gasteiger partial charge on any atom is 0.119 e. The van der Waals surface area contributed by atoms with Gasteiger partial charge in [-0.3, -0.25) is 0 Å². The lowest BCUT2D eigenvalue weighted by Gasteiger charge is -2.19. The third-order valence-corrected chi connectivity index (χ3v) is 4.30. The van der Waals surface area contributed by atoms with Crippen LogP contribution in [0.4, 0.5) is 0 Å². The molecule has 0 aromatic heterocycles. The first-order valence-corrected chi connectivity index (χ1v) is 7.42. The second-order valence-corrected chi connectivity index (χ2v) is 6.03. The van der Waals surface area contributed by atoms with Gasteiger partial charge < -0.3 is 10.5 Å². The molecule has 2 unspecified atom stereocenters. The first-order valence-electron chi connectivity index (χ1n) is 6.27. The van der Waals surface area contributed by atoms with Gasteiger partial charge in [0.15, 0.2) is 0 Å². The lowest BCUT2D eigenvalue weighted by Crippen LogP contribution is -2.21. The fourth-order valence-electron chi connectivity index (χ4n) is 2.15. The van der Waals surface area contributed by atoms with Gasteiger partial charge in [-0.2, -0.15) is 11.8 Å². The summed E-state index contributed by atoms with van der Waals surface area (Å²) >= 11 is 2.01. The minimum Gasteiger partial charge on any atom is -0.491 e. The van der Waals surface area contributed by atoms with Crippen molar-refractivity contribution in [1.29, 1.82) is 0 Å². The van der Waals surface area contributed by atoms with Gasteiger partial charge in [0.25, 0.3) is 0 Å². The first-order chi connectivity index (χ1) is 8.16. The molecule has 1 aliphatic rings. The van der Waals surface area contributed by atoms with Crippen LogP contribution in [0.3, 0.4) is 0 Å². The van der Waals surface area contributed by atoms with E-state index in [9.17, 15) is 0 Å². The summed E-state index contributed by atoms with van der Waals surface area (Å²) in [6.07, 6.45) is 1.47. The lowest BCUT2D eigenvalue weighted by atomic mass is 9.93. The molecular formula is C14H21NOS. The minimum absolute atomic E-state index is 0.179. The number of thioether (sulfide) groups is 1. The van der Waals surface area contributed by atoms with Gasteiger partial charge >= 0.3 is 0 Å².